The van der Waals surface area contributed by atoms with Gasteiger partial charge >= 0.3 is 0 Å². The Morgan fingerprint density at radius 2 is 2.45 bits per heavy atom. The predicted octanol–water partition coefficient (Wildman–Crippen LogP) is 0.683. The molecule has 6 heteroatoms. The van der Waals surface area contributed by atoms with E-state index in [4.69, 9.17) is 4.74 Å². The molecule has 2 heterocycles. The van der Waals surface area contributed by atoms with Crippen LogP contribution >= 0.6 is 0 Å². The van der Waals surface area contributed by atoms with Crippen LogP contribution in [0.3, 0.4) is 0 Å². The average Bonchev–Trinajstić information content (AvgIpc) is 2.46. The van der Waals surface area contributed by atoms with Gasteiger partial charge in [0.15, 0.2) is 0 Å². The first-order chi connectivity index (χ1) is 9.63. The minimum absolute atomic E-state index is 0.0654. The van der Waals surface area contributed by atoms with E-state index in [1.54, 1.807) is 18.5 Å². The highest BCUT2D eigenvalue weighted by atomic mass is 16.5. The van der Waals surface area contributed by atoms with Crippen molar-refractivity contribution in [1.29, 1.82) is 5.26 Å². The fourth-order valence-electron chi connectivity index (χ4n) is 2.20. The Morgan fingerprint density at radius 1 is 1.65 bits per heavy atom. The van der Waals surface area contributed by atoms with Crippen LogP contribution in [0.2, 0.25) is 0 Å². The largest absolute Gasteiger partial charge is 0.377 e. The Morgan fingerprint density at radius 3 is 3.15 bits per heavy atom. The van der Waals surface area contributed by atoms with E-state index in [0.717, 1.165) is 0 Å². The van der Waals surface area contributed by atoms with Gasteiger partial charge in [-0.15, -0.1) is 0 Å². The monoisotopic (exact) mass is 274 g/mol. The molecule has 20 heavy (non-hydrogen) atoms. The van der Waals surface area contributed by atoms with Gasteiger partial charge in [0.1, 0.15) is 12.1 Å². The minimum Gasteiger partial charge on any atom is -0.377 e. The van der Waals surface area contributed by atoms with Gasteiger partial charge in [-0.05, 0) is 19.9 Å². The van der Waals surface area contributed by atoms with Crippen LogP contribution in [0.1, 0.15) is 19.4 Å². The SMILES string of the molecule is CC(C)NC(=O)C1COCCN1c1cnccc1C#N. The summed E-state index contributed by atoms with van der Waals surface area (Å²) in [6, 6.07) is 3.43. The lowest BCUT2D eigenvalue weighted by atomic mass is 10.1. The zero-order chi connectivity index (χ0) is 14.5. The molecule has 1 atom stereocenters. The molecule has 1 fully saturated rings. The van der Waals surface area contributed by atoms with E-state index < -0.39 is 6.04 Å². The van der Waals surface area contributed by atoms with Crippen molar-refractivity contribution in [3.63, 3.8) is 0 Å². The Hall–Kier alpha value is -2.13. The number of nitriles is 1. The van der Waals surface area contributed by atoms with Crippen molar-refractivity contribution in [1.82, 2.24) is 10.3 Å². The summed E-state index contributed by atoms with van der Waals surface area (Å²) in [5.41, 5.74) is 1.20. The highest BCUT2D eigenvalue weighted by Crippen LogP contribution is 2.23. The van der Waals surface area contributed by atoms with E-state index in [9.17, 15) is 10.1 Å². The van der Waals surface area contributed by atoms with Gasteiger partial charge in [-0.25, -0.2) is 0 Å². The van der Waals surface area contributed by atoms with Crippen LogP contribution < -0.4 is 10.2 Å². The maximum atomic E-state index is 12.3. The van der Waals surface area contributed by atoms with Gasteiger partial charge in [0.05, 0.1) is 30.7 Å². The fourth-order valence-corrected chi connectivity index (χ4v) is 2.20. The second-order valence-corrected chi connectivity index (χ2v) is 4.95. The van der Waals surface area contributed by atoms with Crippen LogP contribution in [0.4, 0.5) is 5.69 Å². The molecule has 1 aromatic heterocycles. The number of nitrogens with zero attached hydrogens (tertiary/aromatic N) is 3. The number of ether oxygens (including phenoxy) is 1. The summed E-state index contributed by atoms with van der Waals surface area (Å²) in [6.45, 7) is 5.24. The standard InChI is InChI=1S/C14H18N4O2/c1-10(2)17-14(19)13-9-20-6-5-18(13)12-8-16-4-3-11(12)7-15/h3-4,8,10,13H,5-6,9H2,1-2H3,(H,17,19). The van der Waals surface area contributed by atoms with Crippen LogP contribution in [0.5, 0.6) is 0 Å². The van der Waals surface area contributed by atoms with Crippen LogP contribution in [-0.2, 0) is 9.53 Å². The first-order valence-electron chi connectivity index (χ1n) is 6.62. The summed E-state index contributed by atoms with van der Waals surface area (Å²) in [7, 11) is 0. The molecule has 1 N–H and O–H groups in total. The molecule has 1 aliphatic heterocycles. The molecule has 1 aromatic rings. The Labute approximate surface area is 118 Å². The molecular formula is C14H18N4O2. The van der Waals surface area contributed by atoms with Gasteiger partial charge in [-0.3, -0.25) is 9.78 Å². The van der Waals surface area contributed by atoms with E-state index in [0.29, 0.717) is 31.0 Å². The number of hydrogen-bond acceptors (Lipinski definition) is 5. The number of aromatic nitrogens is 1. The van der Waals surface area contributed by atoms with Crippen molar-refractivity contribution in [2.75, 3.05) is 24.7 Å². The number of morpholine rings is 1. The first-order valence-corrected chi connectivity index (χ1v) is 6.62. The van der Waals surface area contributed by atoms with E-state index >= 15 is 0 Å². The second-order valence-electron chi connectivity index (χ2n) is 4.95. The van der Waals surface area contributed by atoms with Crippen molar-refractivity contribution in [3.8, 4) is 6.07 Å². The van der Waals surface area contributed by atoms with Gasteiger partial charge in [0.25, 0.3) is 0 Å². The number of carbonyl (C=O) groups is 1. The third-order valence-electron chi connectivity index (χ3n) is 3.09. The zero-order valence-electron chi connectivity index (χ0n) is 11.7. The molecule has 0 saturated carbocycles. The van der Waals surface area contributed by atoms with Crippen molar-refractivity contribution in [2.24, 2.45) is 0 Å². The lowest BCUT2D eigenvalue weighted by Gasteiger charge is -2.36. The van der Waals surface area contributed by atoms with Gasteiger partial charge in [-0.2, -0.15) is 5.26 Å². The van der Waals surface area contributed by atoms with Crippen molar-refractivity contribution in [2.45, 2.75) is 25.9 Å². The Kier molecular flexibility index (Phi) is 4.53. The van der Waals surface area contributed by atoms with Gasteiger partial charge < -0.3 is 15.0 Å². The smallest absolute Gasteiger partial charge is 0.245 e. The first kappa shape index (κ1) is 14.3. The van der Waals surface area contributed by atoms with Crippen molar-refractivity contribution in [3.05, 3.63) is 24.0 Å². The minimum atomic E-state index is -0.428. The topological polar surface area (TPSA) is 78.2 Å². The molecule has 0 aliphatic carbocycles. The van der Waals surface area contributed by atoms with E-state index in [-0.39, 0.29) is 11.9 Å². The van der Waals surface area contributed by atoms with Gasteiger partial charge in [0.2, 0.25) is 5.91 Å². The second kappa shape index (κ2) is 6.35. The summed E-state index contributed by atoms with van der Waals surface area (Å²) >= 11 is 0. The molecular weight excluding hydrogens is 256 g/mol. The third-order valence-corrected chi connectivity index (χ3v) is 3.09. The van der Waals surface area contributed by atoms with E-state index in [1.165, 1.54) is 0 Å². The summed E-state index contributed by atoms with van der Waals surface area (Å²) in [6.07, 6.45) is 3.20. The van der Waals surface area contributed by atoms with Crippen molar-refractivity contribution < 1.29 is 9.53 Å². The zero-order valence-corrected chi connectivity index (χ0v) is 11.7. The van der Waals surface area contributed by atoms with E-state index in [1.807, 2.05) is 18.7 Å². The van der Waals surface area contributed by atoms with Crippen molar-refractivity contribution >= 4 is 11.6 Å². The number of rotatable bonds is 3. The van der Waals surface area contributed by atoms with Crippen LogP contribution in [0, 0.1) is 11.3 Å². The van der Waals surface area contributed by atoms with Crippen LogP contribution in [0.25, 0.3) is 0 Å². The lowest BCUT2D eigenvalue weighted by Crippen LogP contribution is -2.55. The summed E-state index contributed by atoms with van der Waals surface area (Å²) in [4.78, 5) is 18.2. The maximum absolute atomic E-state index is 12.3. The molecule has 1 amide bonds. The molecule has 1 aliphatic rings. The summed E-state index contributed by atoms with van der Waals surface area (Å²) in [5, 5.41) is 12.1. The number of hydrogen-bond donors (Lipinski definition) is 1. The molecule has 1 unspecified atom stereocenters. The Bertz CT molecular complexity index is 524. The molecule has 1 saturated heterocycles. The summed E-state index contributed by atoms with van der Waals surface area (Å²) < 4.78 is 5.40. The van der Waals surface area contributed by atoms with Gasteiger partial charge in [-0.1, -0.05) is 0 Å². The average molecular weight is 274 g/mol. The number of pyridine rings is 1. The lowest BCUT2D eigenvalue weighted by molar-refractivity contribution is -0.125. The highest BCUT2D eigenvalue weighted by molar-refractivity contribution is 5.86. The number of carbonyl (C=O) groups excluding carboxylic acids is 1. The molecule has 0 spiro atoms. The predicted molar refractivity (Wildman–Crippen MR) is 74.2 cm³/mol. The maximum Gasteiger partial charge on any atom is 0.245 e. The molecule has 0 radical (unpaired) electrons. The quantitative estimate of drug-likeness (QED) is 0.877. The number of anilines is 1. The third kappa shape index (κ3) is 3.06. The highest BCUT2D eigenvalue weighted by Gasteiger charge is 2.31. The number of amides is 1. The Balaban J connectivity index is 2.27. The molecule has 0 bridgehead atoms. The van der Waals surface area contributed by atoms with Gasteiger partial charge in [0, 0.05) is 18.8 Å². The molecule has 6 nitrogen and oxygen atoms in total. The summed E-state index contributed by atoms with van der Waals surface area (Å²) in [5.74, 6) is -0.0903. The molecule has 2 rings (SSSR count). The van der Waals surface area contributed by atoms with E-state index in [2.05, 4.69) is 16.4 Å². The molecule has 0 aromatic carbocycles. The molecule has 106 valence electrons. The van der Waals surface area contributed by atoms with Crippen LogP contribution in [0.15, 0.2) is 18.5 Å². The number of nitrogens with one attached hydrogen (secondary N) is 1. The normalized spacial score (nSPS) is 18.7. The van der Waals surface area contributed by atoms with Crippen LogP contribution in [-0.4, -0.2) is 42.7 Å². The fraction of sp³-hybridized carbons (Fsp3) is 0.500.